The second-order valence-corrected chi connectivity index (χ2v) is 9.20. The summed E-state index contributed by atoms with van der Waals surface area (Å²) in [7, 11) is 0. The second kappa shape index (κ2) is 7.57. The first-order valence-electron chi connectivity index (χ1n) is 9.62. The van der Waals surface area contributed by atoms with E-state index in [1.807, 2.05) is 45.0 Å². The number of rotatable bonds is 4. The second-order valence-electron chi connectivity index (χ2n) is 8.20. The molecule has 1 amide bonds. The van der Waals surface area contributed by atoms with Gasteiger partial charge in [-0.2, -0.15) is 0 Å². The molecule has 0 bridgehead atoms. The van der Waals surface area contributed by atoms with Gasteiger partial charge in [-0.3, -0.25) is 5.32 Å². The number of carboxylic acid groups (broad SMARTS) is 1. The molecule has 0 aliphatic heterocycles. The lowest BCUT2D eigenvalue weighted by Gasteiger charge is -2.16. The van der Waals surface area contributed by atoms with Crippen LogP contribution in [0.25, 0.3) is 11.1 Å². The first kappa shape index (κ1) is 20.1. The molecule has 0 atom stereocenters. The molecule has 0 radical (unpaired) electrons. The third-order valence-electron chi connectivity index (χ3n) is 5.06. The van der Waals surface area contributed by atoms with Gasteiger partial charge < -0.3 is 9.84 Å². The summed E-state index contributed by atoms with van der Waals surface area (Å²) < 4.78 is 5.51. The molecule has 0 saturated carbocycles. The fourth-order valence-corrected chi connectivity index (χ4v) is 4.75. The molecule has 0 fully saturated rings. The van der Waals surface area contributed by atoms with Crippen molar-refractivity contribution >= 4 is 28.5 Å². The molecule has 3 aromatic rings. The number of ether oxygens (including phenoxy) is 1. The number of amides is 1. The van der Waals surface area contributed by atoms with Crippen LogP contribution in [-0.2, 0) is 10.2 Å². The van der Waals surface area contributed by atoms with E-state index in [1.54, 1.807) is 0 Å². The minimum absolute atomic E-state index is 0.0403. The summed E-state index contributed by atoms with van der Waals surface area (Å²) in [5.74, 6) is -1.16. The van der Waals surface area contributed by atoms with Crippen molar-refractivity contribution in [2.24, 2.45) is 0 Å². The Morgan fingerprint density at radius 1 is 1.07 bits per heavy atom. The first-order chi connectivity index (χ1) is 14.3. The maximum atomic E-state index is 12.4. The quantitative estimate of drug-likeness (QED) is 0.580. The summed E-state index contributed by atoms with van der Waals surface area (Å²) in [4.78, 5) is 28.6. The van der Waals surface area contributed by atoms with Crippen molar-refractivity contribution in [3.63, 3.8) is 0 Å². The fourth-order valence-electron chi connectivity index (χ4n) is 3.75. The summed E-state index contributed by atoms with van der Waals surface area (Å²) in [6, 6.07) is 16.2. The minimum atomic E-state index is -1.11. The zero-order valence-corrected chi connectivity index (χ0v) is 17.7. The average Bonchev–Trinajstić information content (AvgIpc) is 3.26. The number of benzene rings is 2. The van der Waals surface area contributed by atoms with Crippen molar-refractivity contribution in [3.05, 3.63) is 70.2 Å². The molecule has 2 aromatic carbocycles. The van der Waals surface area contributed by atoms with Gasteiger partial charge in [-0.15, -0.1) is 11.3 Å². The lowest BCUT2D eigenvalue weighted by Crippen LogP contribution is -2.18. The predicted molar refractivity (Wildman–Crippen MR) is 116 cm³/mol. The summed E-state index contributed by atoms with van der Waals surface area (Å²) in [5.41, 5.74) is 4.13. The number of aromatic nitrogens is 1. The van der Waals surface area contributed by atoms with E-state index < -0.39 is 17.5 Å². The summed E-state index contributed by atoms with van der Waals surface area (Å²) >= 11 is 1.15. The average molecular weight is 423 g/mol. The van der Waals surface area contributed by atoms with E-state index in [0.717, 1.165) is 33.6 Å². The van der Waals surface area contributed by atoms with Crippen LogP contribution in [0.2, 0.25) is 0 Å². The van der Waals surface area contributed by atoms with Gasteiger partial charge in [0.05, 0.1) is 0 Å². The molecule has 1 aliphatic rings. The van der Waals surface area contributed by atoms with Crippen molar-refractivity contribution in [3.8, 4) is 11.1 Å². The number of aromatic carboxylic acids is 1. The van der Waals surface area contributed by atoms with Gasteiger partial charge in [-0.1, -0.05) is 69.3 Å². The number of thiazole rings is 1. The summed E-state index contributed by atoms with van der Waals surface area (Å²) in [6.07, 6.45) is -0.650. The summed E-state index contributed by atoms with van der Waals surface area (Å²) in [6.45, 7) is 5.90. The van der Waals surface area contributed by atoms with Crippen molar-refractivity contribution in [2.75, 3.05) is 11.9 Å². The Kier molecular flexibility index (Phi) is 5.07. The van der Waals surface area contributed by atoms with Crippen molar-refractivity contribution < 1.29 is 19.4 Å². The van der Waals surface area contributed by atoms with Gasteiger partial charge in [0.2, 0.25) is 0 Å². The normalized spacial score (nSPS) is 12.9. The summed E-state index contributed by atoms with van der Waals surface area (Å²) in [5, 5.41) is 12.2. The smallest absolute Gasteiger partial charge is 0.413 e. The van der Waals surface area contributed by atoms with Crippen LogP contribution in [0.15, 0.2) is 48.5 Å². The molecule has 0 unspecified atom stereocenters. The number of nitrogens with one attached hydrogen (secondary N) is 1. The number of carbonyl (C=O) groups is 2. The molecule has 4 rings (SSSR count). The number of carbonyl (C=O) groups excluding carboxylic acids is 1. The van der Waals surface area contributed by atoms with E-state index in [0.29, 0.717) is 4.88 Å². The molecule has 7 heteroatoms. The minimum Gasteiger partial charge on any atom is -0.476 e. The number of anilines is 1. The maximum absolute atomic E-state index is 12.4. The highest BCUT2D eigenvalue weighted by Gasteiger charge is 2.30. The molecule has 6 nitrogen and oxygen atoms in total. The Balaban J connectivity index is 1.49. The number of fused-ring (bicyclic) bond motifs is 3. The predicted octanol–water partition coefficient (Wildman–Crippen LogP) is 5.50. The van der Waals surface area contributed by atoms with Crippen LogP contribution in [0, 0.1) is 0 Å². The lowest BCUT2D eigenvalue weighted by atomic mass is 9.93. The number of carboxylic acids is 1. The van der Waals surface area contributed by atoms with E-state index >= 15 is 0 Å². The first-order valence-corrected chi connectivity index (χ1v) is 10.4. The van der Waals surface area contributed by atoms with Crippen LogP contribution in [0.4, 0.5) is 9.93 Å². The Bertz CT molecular complexity index is 1080. The zero-order valence-electron chi connectivity index (χ0n) is 16.9. The standard InChI is InChI=1S/C23H22N2O4S/c1-23(2,3)19-18(20(26)27)24-21(30-19)25-22(28)29-12-17-15-10-6-4-8-13(15)14-9-5-7-11-16(14)17/h4-11,17H,12H2,1-3H3,(H,26,27)(H,24,25,28). The van der Waals surface area contributed by atoms with Crippen LogP contribution < -0.4 is 5.32 Å². The molecule has 154 valence electrons. The van der Waals surface area contributed by atoms with E-state index in [9.17, 15) is 14.7 Å². The third kappa shape index (κ3) is 3.68. The van der Waals surface area contributed by atoms with E-state index in [1.165, 1.54) is 0 Å². The highest BCUT2D eigenvalue weighted by atomic mass is 32.1. The molecular weight excluding hydrogens is 400 g/mol. The number of nitrogens with zero attached hydrogens (tertiary/aromatic N) is 1. The molecule has 1 aromatic heterocycles. The molecule has 0 saturated heterocycles. The lowest BCUT2D eigenvalue weighted by molar-refractivity contribution is 0.0688. The van der Waals surface area contributed by atoms with Crippen molar-refractivity contribution in [1.29, 1.82) is 0 Å². The zero-order chi connectivity index (χ0) is 21.5. The molecule has 2 N–H and O–H groups in total. The Morgan fingerprint density at radius 2 is 1.63 bits per heavy atom. The highest BCUT2D eigenvalue weighted by Crippen LogP contribution is 2.44. The third-order valence-corrected chi connectivity index (χ3v) is 6.46. The van der Waals surface area contributed by atoms with Crippen LogP contribution in [0.1, 0.15) is 53.2 Å². The number of hydrogen-bond acceptors (Lipinski definition) is 5. The number of hydrogen-bond donors (Lipinski definition) is 2. The molecule has 0 spiro atoms. The van der Waals surface area contributed by atoms with Gasteiger partial charge >= 0.3 is 12.1 Å². The molecule has 1 heterocycles. The monoisotopic (exact) mass is 422 g/mol. The Hall–Kier alpha value is -3.19. The molecule has 30 heavy (non-hydrogen) atoms. The van der Waals surface area contributed by atoms with Crippen molar-refractivity contribution in [2.45, 2.75) is 32.1 Å². The van der Waals surface area contributed by atoms with Crippen LogP contribution in [-0.4, -0.2) is 28.8 Å². The largest absolute Gasteiger partial charge is 0.476 e. The Morgan fingerprint density at radius 3 is 2.13 bits per heavy atom. The van der Waals surface area contributed by atoms with Gasteiger partial charge in [0.1, 0.15) is 6.61 Å². The molecule has 1 aliphatic carbocycles. The highest BCUT2D eigenvalue weighted by molar-refractivity contribution is 7.16. The fraction of sp³-hybridized carbons (Fsp3) is 0.261. The SMILES string of the molecule is CC(C)(C)c1sc(NC(=O)OCC2c3ccccc3-c3ccccc32)nc1C(=O)O. The van der Waals surface area contributed by atoms with Gasteiger partial charge in [-0.25, -0.2) is 14.6 Å². The van der Waals surface area contributed by atoms with Gasteiger partial charge in [0, 0.05) is 10.8 Å². The van der Waals surface area contributed by atoms with E-state index in [4.69, 9.17) is 4.74 Å². The molecular formula is C23H22N2O4S. The van der Waals surface area contributed by atoms with E-state index in [2.05, 4.69) is 34.6 Å². The van der Waals surface area contributed by atoms with Crippen molar-refractivity contribution in [1.82, 2.24) is 4.98 Å². The maximum Gasteiger partial charge on any atom is 0.413 e. The van der Waals surface area contributed by atoms with Gasteiger partial charge in [0.15, 0.2) is 10.8 Å². The van der Waals surface area contributed by atoms with E-state index in [-0.39, 0.29) is 23.4 Å². The topological polar surface area (TPSA) is 88.5 Å². The van der Waals surface area contributed by atoms with Crippen LogP contribution >= 0.6 is 11.3 Å². The van der Waals surface area contributed by atoms with Gasteiger partial charge in [0.25, 0.3) is 0 Å². The van der Waals surface area contributed by atoms with Gasteiger partial charge in [-0.05, 0) is 27.7 Å². The Labute approximate surface area is 178 Å². The van der Waals surface area contributed by atoms with Crippen LogP contribution in [0.3, 0.4) is 0 Å². The van der Waals surface area contributed by atoms with Crippen LogP contribution in [0.5, 0.6) is 0 Å².